The van der Waals surface area contributed by atoms with Crippen LogP contribution in [0.3, 0.4) is 0 Å². The lowest BCUT2D eigenvalue weighted by Gasteiger charge is -2.11. The average Bonchev–Trinajstić information content (AvgIpc) is 2.14. The molecule has 4 heteroatoms. The van der Waals surface area contributed by atoms with Crippen molar-refractivity contribution in [3.05, 3.63) is 0 Å². The smallest absolute Gasteiger partial charge is 0.303 e. The zero-order chi connectivity index (χ0) is 11.0. The van der Waals surface area contributed by atoms with Gasteiger partial charge in [0.15, 0.2) is 0 Å². The highest BCUT2D eigenvalue weighted by Gasteiger charge is 2.12. The van der Waals surface area contributed by atoms with Crippen molar-refractivity contribution in [3.63, 3.8) is 0 Å². The van der Waals surface area contributed by atoms with Crippen molar-refractivity contribution in [2.24, 2.45) is 5.92 Å². The van der Waals surface area contributed by atoms with Crippen LogP contribution in [0.1, 0.15) is 39.5 Å². The Kier molecular flexibility index (Phi) is 6.80. The first kappa shape index (κ1) is 12.9. The summed E-state index contributed by atoms with van der Waals surface area (Å²) in [5.41, 5.74) is 0. The summed E-state index contributed by atoms with van der Waals surface area (Å²) in [4.78, 5) is 21.6. The van der Waals surface area contributed by atoms with Crippen molar-refractivity contribution >= 4 is 11.9 Å². The van der Waals surface area contributed by atoms with E-state index < -0.39 is 5.97 Å². The molecule has 1 amide bonds. The fourth-order valence-corrected chi connectivity index (χ4v) is 1.26. The van der Waals surface area contributed by atoms with Crippen molar-refractivity contribution in [3.8, 4) is 0 Å². The number of amides is 1. The molecule has 0 heterocycles. The van der Waals surface area contributed by atoms with Gasteiger partial charge >= 0.3 is 5.97 Å². The van der Waals surface area contributed by atoms with Gasteiger partial charge < -0.3 is 10.4 Å². The zero-order valence-electron chi connectivity index (χ0n) is 8.88. The van der Waals surface area contributed by atoms with E-state index in [0.717, 1.165) is 12.8 Å². The second-order valence-electron chi connectivity index (χ2n) is 3.30. The van der Waals surface area contributed by atoms with Gasteiger partial charge in [-0.2, -0.15) is 0 Å². The largest absolute Gasteiger partial charge is 0.481 e. The number of carbonyl (C=O) groups is 2. The highest BCUT2D eigenvalue weighted by Crippen LogP contribution is 2.06. The van der Waals surface area contributed by atoms with Crippen LogP contribution in [0.25, 0.3) is 0 Å². The molecule has 0 saturated carbocycles. The Hall–Kier alpha value is -1.06. The van der Waals surface area contributed by atoms with Gasteiger partial charge in [-0.15, -0.1) is 0 Å². The molecule has 82 valence electrons. The van der Waals surface area contributed by atoms with Gasteiger partial charge in [0.05, 0.1) is 0 Å². The van der Waals surface area contributed by atoms with Gasteiger partial charge in [-0.05, 0) is 19.3 Å². The van der Waals surface area contributed by atoms with Gasteiger partial charge in [0, 0.05) is 18.9 Å². The topological polar surface area (TPSA) is 66.4 Å². The number of nitrogens with one attached hydrogen (secondary N) is 1. The maximum atomic E-state index is 11.4. The lowest BCUT2D eigenvalue weighted by atomic mass is 10.0. The van der Waals surface area contributed by atoms with Gasteiger partial charge in [0.25, 0.3) is 0 Å². The second-order valence-corrected chi connectivity index (χ2v) is 3.30. The molecule has 0 radical (unpaired) electrons. The first-order chi connectivity index (χ1) is 6.61. The Morgan fingerprint density at radius 1 is 1.29 bits per heavy atom. The molecular formula is C10H19NO3. The fourth-order valence-electron chi connectivity index (χ4n) is 1.26. The molecule has 14 heavy (non-hydrogen) atoms. The minimum absolute atomic E-state index is 0.0420. The quantitative estimate of drug-likeness (QED) is 0.612. The Morgan fingerprint density at radius 2 is 1.86 bits per heavy atom. The molecule has 0 atom stereocenters. The van der Waals surface area contributed by atoms with Crippen molar-refractivity contribution in [2.75, 3.05) is 6.54 Å². The van der Waals surface area contributed by atoms with Crippen LogP contribution in [0.2, 0.25) is 0 Å². The van der Waals surface area contributed by atoms with Crippen LogP contribution in [0.5, 0.6) is 0 Å². The number of aliphatic carboxylic acids is 1. The van der Waals surface area contributed by atoms with Gasteiger partial charge in [-0.25, -0.2) is 0 Å². The molecule has 0 aromatic heterocycles. The van der Waals surface area contributed by atoms with E-state index in [4.69, 9.17) is 5.11 Å². The SMILES string of the molecule is CCC(CC)C(=O)NCCCC(=O)O. The van der Waals surface area contributed by atoms with Gasteiger partial charge in [0.1, 0.15) is 0 Å². The van der Waals surface area contributed by atoms with E-state index in [1.54, 1.807) is 0 Å². The van der Waals surface area contributed by atoms with E-state index in [1.807, 2.05) is 13.8 Å². The average molecular weight is 201 g/mol. The maximum Gasteiger partial charge on any atom is 0.303 e. The summed E-state index contributed by atoms with van der Waals surface area (Å²) in [6, 6.07) is 0. The molecule has 4 nitrogen and oxygen atoms in total. The predicted molar refractivity (Wildman–Crippen MR) is 54.0 cm³/mol. The monoisotopic (exact) mass is 201 g/mol. The summed E-state index contributed by atoms with van der Waals surface area (Å²) < 4.78 is 0. The molecule has 0 aromatic carbocycles. The molecule has 0 fully saturated rings. The number of carbonyl (C=O) groups excluding carboxylic acids is 1. The molecule has 0 aliphatic rings. The third-order valence-electron chi connectivity index (χ3n) is 2.22. The molecule has 0 aliphatic heterocycles. The Balaban J connectivity index is 3.57. The predicted octanol–water partition coefficient (Wildman–Crippen LogP) is 1.40. The van der Waals surface area contributed by atoms with E-state index in [9.17, 15) is 9.59 Å². The van der Waals surface area contributed by atoms with Crippen molar-refractivity contribution < 1.29 is 14.7 Å². The Bertz CT molecular complexity index is 188. The van der Waals surface area contributed by atoms with Gasteiger partial charge in [-0.3, -0.25) is 9.59 Å². The summed E-state index contributed by atoms with van der Waals surface area (Å²) in [5.74, 6) is -0.706. The molecule has 0 spiro atoms. The first-order valence-corrected chi connectivity index (χ1v) is 5.11. The normalized spacial score (nSPS) is 10.2. The highest BCUT2D eigenvalue weighted by atomic mass is 16.4. The molecule has 0 rings (SSSR count). The van der Waals surface area contributed by atoms with Gasteiger partial charge in [-0.1, -0.05) is 13.8 Å². The van der Waals surface area contributed by atoms with E-state index in [0.29, 0.717) is 13.0 Å². The summed E-state index contributed by atoms with van der Waals surface area (Å²) in [5, 5.41) is 11.1. The first-order valence-electron chi connectivity index (χ1n) is 5.11. The minimum atomic E-state index is -0.818. The van der Waals surface area contributed by atoms with E-state index in [1.165, 1.54) is 0 Å². The zero-order valence-corrected chi connectivity index (χ0v) is 8.88. The van der Waals surface area contributed by atoms with E-state index in [2.05, 4.69) is 5.32 Å². The summed E-state index contributed by atoms with van der Waals surface area (Å²) in [7, 11) is 0. The lowest BCUT2D eigenvalue weighted by Crippen LogP contribution is -2.31. The van der Waals surface area contributed by atoms with Crippen LogP contribution in [0.4, 0.5) is 0 Å². The summed E-state index contributed by atoms with van der Waals surface area (Å²) in [6.07, 6.45) is 2.28. The molecule has 0 bridgehead atoms. The molecule has 0 aliphatic carbocycles. The minimum Gasteiger partial charge on any atom is -0.481 e. The second kappa shape index (κ2) is 7.35. The standard InChI is InChI=1S/C10H19NO3/c1-3-8(4-2)10(14)11-7-5-6-9(12)13/h8H,3-7H2,1-2H3,(H,11,14)(H,12,13). The molecule has 0 aromatic rings. The van der Waals surface area contributed by atoms with Crippen LogP contribution in [0, 0.1) is 5.92 Å². The van der Waals surface area contributed by atoms with Crippen molar-refractivity contribution in [1.82, 2.24) is 5.32 Å². The van der Waals surface area contributed by atoms with Crippen LogP contribution in [-0.4, -0.2) is 23.5 Å². The van der Waals surface area contributed by atoms with E-state index >= 15 is 0 Å². The van der Waals surface area contributed by atoms with Gasteiger partial charge in [0.2, 0.25) is 5.91 Å². The number of carboxylic acids is 1. The van der Waals surface area contributed by atoms with Crippen molar-refractivity contribution in [1.29, 1.82) is 0 Å². The Labute approximate surface area is 84.7 Å². The highest BCUT2D eigenvalue weighted by molar-refractivity contribution is 5.78. The Morgan fingerprint density at radius 3 is 2.29 bits per heavy atom. The summed E-state index contributed by atoms with van der Waals surface area (Å²) >= 11 is 0. The van der Waals surface area contributed by atoms with Crippen LogP contribution < -0.4 is 5.32 Å². The third-order valence-corrected chi connectivity index (χ3v) is 2.22. The summed E-state index contributed by atoms with van der Waals surface area (Å²) in [6.45, 7) is 4.41. The van der Waals surface area contributed by atoms with E-state index in [-0.39, 0.29) is 18.2 Å². The maximum absolute atomic E-state index is 11.4. The fraction of sp³-hybridized carbons (Fsp3) is 0.800. The third kappa shape index (κ3) is 5.56. The number of hydrogen-bond donors (Lipinski definition) is 2. The number of carboxylic acid groups (broad SMARTS) is 1. The lowest BCUT2D eigenvalue weighted by molar-refractivity contribution is -0.137. The van der Waals surface area contributed by atoms with Crippen LogP contribution in [-0.2, 0) is 9.59 Å². The van der Waals surface area contributed by atoms with Crippen LogP contribution in [0.15, 0.2) is 0 Å². The number of rotatable bonds is 7. The molecule has 0 saturated heterocycles. The number of hydrogen-bond acceptors (Lipinski definition) is 2. The van der Waals surface area contributed by atoms with Crippen molar-refractivity contribution in [2.45, 2.75) is 39.5 Å². The molecule has 2 N–H and O–H groups in total. The molecular weight excluding hydrogens is 182 g/mol. The molecule has 0 unspecified atom stereocenters. The van der Waals surface area contributed by atoms with Crippen LogP contribution >= 0.6 is 0 Å².